The van der Waals surface area contributed by atoms with Gasteiger partial charge in [0, 0.05) is 18.3 Å². The van der Waals surface area contributed by atoms with Crippen molar-refractivity contribution in [1.82, 2.24) is 4.90 Å². The number of hydrogen-bond acceptors (Lipinski definition) is 4. The van der Waals surface area contributed by atoms with Crippen molar-refractivity contribution in [3.63, 3.8) is 0 Å². The molecule has 3 aromatic rings. The second kappa shape index (κ2) is 9.14. The van der Waals surface area contributed by atoms with Crippen LogP contribution in [0.4, 0.5) is 5.69 Å². The lowest BCUT2D eigenvalue weighted by Gasteiger charge is -2.39. The van der Waals surface area contributed by atoms with E-state index in [1.54, 1.807) is 25.1 Å². The van der Waals surface area contributed by atoms with Crippen molar-refractivity contribution in [1.29, 1.82) is 0 Å². The normalized spacial score (nSPS) is 17.5. The zero-order valence-electron chi connectivity index (χ0n) is 18.4. The Morgan fingerprint density at radius 1 is 0.969 bits per heavy atom. The Kier molecular flexibility index (Phi) is 6.12. The molecule has 1 aliphatic heterocycles. The quantitative estimate of drug-likeness (QED) is 0.619. The molecule has 1 aliphatic rings. The van der Waals surface area contributed by atoms with Crippen molar-refractivity contribution in [2.45, 2.75) is 18.9 Å². The predicted molar refractivity (Wildman–Crippen MR) is 123 cm³/mol. The van der Waals surface area contributed by atoms with Gasteiger partial charge in [-0.05, 0) is 60.5 Å². The lowest BCUT2D eigenvalue weighted by atomic mass is 9.79. The molecule has 0 aliphatic carbocycles. The minimum atomic E-state index is -0.575. The first kappa shape index (κ1) is 21.4. The van der Waals surface area contributed by atoms with Gasteiger partial charge >= 0.3 is 0 Å². The zero-order chi connectivity index (χ0) is 22.7. The molecule has 0 aromatic heterocycles. The Morgan fingerprint density at radius 2 is 1.62 bits per heavy atom. The summed E-state index contributed by atoms with van der Waals surface area (Å²) in [5, 5.41) is 3.02. The first-order valence-corrected chi connectivity index (χ1v) is 10.6. The van der Waals surface area contributed by atoms with Gasteiger partial charge in [0.15, 0.2) is 0 Å². The maximum atomic E-state index is 13.6. The molecule has 6 heteroatoms. The Balaban J connectivity index is 1.72. The molecule has 0 unspecified atom stereocenters. The van der Waals surface area contributed by atoms with Gasteiger partial charge in [-0.15, -0.1) is 0 Å². The number of nitrogens with one attached hydrogen (secondary N) is 1. The number of amides is 2. The third-order valence-corrected chi connectivity index (χ3v) is 5.75. The summed E-state index contributed by atoms with van der Waals surface area (Å²) in [6.45, 7) is 2.50. The van der Waals surface area contributed by atoms with Crippen molar-refractivity contribution in [3.05, 3.63) is 89.5 Å². The third-order valence-electron chi connectivity index (χ3n) is 5.75. The highest BCUT2D eigenvalue weighted by Gasteiger charge is 2.42. The van der Waals surface area contributed by atoms with Crippen LogP contribution in [0, 0.1) is 0 Å². The van der Waals surface area contributed by atoms with Gasteiger partial charge in [0.2, 0.25) is 5.91 Å². The van der Waals surface area contributed by atoms with Crippen LogP contribution >= 0.6 is 0 Å². The largest absolute Gasteiger partial charge is 0.497 e. The van der Waals surface area contributed by atoms with Crippen LogP contribution < -0.4 is 14.8 Å². The monoisotopic (exact) mass is 430 g/mol. The average Bonchev–Trinajstić information content (AvgIpc) is 2.82. The number of fused-ring (bicyclic) bond motifs is 1. The molecule has 6 nitrogen and oxygen atoms in total. The highest BCUT2D eigenvalue weighted by atomic mass is 16.5. The van der Waals surface area contributed by atoms with E-state index in [0.29, 0.717) is 23.6 Å². The summed E-state index contributed by atoms with van der Waals surface area (Å²) in [4.78, 5) is 28.3. The third kappa shape index (κ3) is 4.04. The van der Waals surface area contributed by atoms with Crippen LogP contribution in [0.15, 0.2) is 72.8 Å². The van der Waals surface area contributed by atoms with E-state index in [-0.39, 0.29) is 11.8 Å². The second-order valence-corrected chi connectivity index (χ2v) is 7.65. The molecule has 2 amide bonds. The second-order valence-electron chi connectivity index (χ2n) is 7.65. The van der Waals surface area contributed by atoms with Crippen LogP contribution in [0.1, 0.15) is 40.4 Å². The lowest BCUT2D eigenvalue weighted by Crippen LogP contribution is -2.44. The summed E-state index contributed by atoms with van der Waals surface area (Å²) in [5.41, 5.74) is 2.80. The minimum Gasteiger partial charge on any atom is -0.497 e. The van der Waals surface area contributed by atoms with E-state index in [0.717, 1.165) is 16.9 Å². The van der Waals surface area contributed by atoms with Crippen LogP contribution in [0.25, 0.3) is 0 Å². The van der Waals surface area contributed by atoms with Gasteiger partial charge in [-0.3, -0.25) is 9.59 Å². The zero-order valence-corrected chi connectivity index (χ0v) is 18.4. The number of benzene rings is 3. The molecule has 0 radical (unpaired) electrons. The molecule has 0 saturated carbocycles. The molecular formula is C26H26N2O4. The van der Waals surface area contributed by atoms with Crippen molar-refractivity contribution < 1.29 is 19.1 Å². The number of hydrogen-bond donors (Lipinski definition) is 1. The average molecular weight is 431 g/mol. The fourth-order valence-corrected chi connectivity index (χ4v) is 4.20. The van der Waals surface area contributed by atoms with Crippen LogP contribution in [0.5, 0.6) is 11.5 Å². The van der Waals surface area contributed by atoms with E-state index in [4.69, 9.17) is 9.47 Å². The number of rotatable bonds is 6. The number of carbonyl (C=O) groups excluding carboxylic acids is 2. The van der Waals surface area contributed by atoms with E-state index in [9.17, 15) is 9.59 Å². The van der Waals surface area contributed by atoms with Crippen LogP contribution in [-0.2, 0) is 4.79 Å². The molecule has 32 heavy (non-hydrogen) atoms. The van der Waals surface area contributed by atoms with Crippen molar-refractivity contribution >= 4 is 17.5 Å². The molecule has 1 N–H and O–H groups in total. The predicted octanol–water partition coefficient (Wildman–Crippen LogP) is 4.64. The summed E-state index contributed by atoms with van der Waals surface area (Å²) >= 11 is 0. The number of anilines is 1. The van der Waals surface area contributed by atoms with Gasteiger partial charge in [0.05, 0.1) is 25.7 Å². The van der Waals surface area contributed by atoms with Crippen LogP contribution in [0.3, 0.4) is 0 Å². The molecule has 4 rings (SSSR count). The van der Waals surface area contributed by atoms with Crippen molar-refractivity contribution in [2.75, 3.05) is 26.1 Å². The Labute approximate surface area is 187 Å². The molecule has 3 aromatic carbocycles. The number of methoxy groups -OCH3 is 1. The van der Waals surface area contributed by atoms with E-state index in [1.165, 1.54) is 0 Å². The molecule has 0 fully saturated rings. The fraction of sp³-hybridized carbons (Fsp3) is 0.231. The number of likely N-dealkylation sites (N-methyl/N-ethyl adjacent to an activating group) is 1. The van der Waals surface area contributed by atoms with Gasteiger partial charge in [-0.25, -0.2) is 0 Å². The highest BCUT2D eigenvalue weighted by Crippen LogP contribution is 2.42. The summed E-state index contributed by atoms with van der Waals surface area (Å²) in [6, 6.07) is 21.6. The maximum absolute atomic E-state index is 13.6. The van der Waals surface area contributed by atoms with Crippen LogP contribution in [-0.4, -0.2) is 37.5 Å². The van der Waals surface area contributed by atoms with Crippen molar-refractivity contribution in [3.8, 4) is 11.5 Å². The lowest BCUT2D eigenvalue weighted by molar-refractivity contribution is -0.119. The van der Waals surface area contributed by atoms with Crippen LogP contribution in [0.2, 0.25) is 0 Å². The molecule has 0 saturated heterocycles. The SMILES string of the molecule is CCOc1ccc(NC(=O)[C@H]2c3ccccc3C(=O)N(C)[C@@H]2c2ccc(OC)cc2)cc1. The van der Waals surface area contributed by atoms with E-state index in [1.807, 2.05) is 73.7 Å². The Morgan fingerprint density at radius 3 is 2.28 bits per heavy atom. The summed E-state index contributed by atoms with van der Waals surface area (Å²) < 4.78 is 10.8. The highest BCUT2D eigenvalue weighted by molar-refractivity contribution is 6.04. The maximum Gasteiger partial charge on any atom is 0.254 e. The number of nitrogens with zero attached hydrogens (tertiary/aromatic N) is 1. The summed E-state index contributed by atoms with van der Waals surface area (Å²) in [5.74, 6) is 0.603. The van der Waals surface area contributed by atoms with Gasteiger partial charge < -0.3 is 19.7 Å². The van der Waals surface area contributed by atoms with Gasteiger partial charge in [0.1, 0.15) is 11.5 Å². The molecular weight excluding hydrogens is 404 g/mol. The summed E-state index contributed by atoms with van der Waals surface area (Å²) in [7, 11) is 3.35. The van der Waals surface area contributed by atoms with E-state index >= 15 is 0 Å². The van der Waals surface area contributed by atoms with E-state index in [2.05, 4.69) is 5.32 Å². The minimum absolute atomic E-state index is 0.105. The number of carbonyl (C=O) groups is 2. The van der Waals surface area contributed by atoms with E-state index < -0.39 is 12.0 Å². The molecule has 2 atom stereocenters. The molecule has 1 heterocycles. The fourth-order valence-electron chi connectivity index (χ4n) is 4.20. The van der Waals surface area contributed by atoms with Gasteiger partial charge in [-0.2, -0.15) is 0 Å². The smallest absolute Gasteiger partial charge is 0.254 e. The first-order chi connectivity index (χ1) is 15.5. The Bertz CT molecular complexity index is 1110. The molecule has 164 valence electrons. The summed E-state index contributed by atoms with van der Waals surface area (Å²) in [6.07, 6.45) is 0. The van der Waals surface area contributed by atoms with Crippen molar-refractivity contribution in [2.24, 2.45) is 0 Å². The van der Waals surface area contributed by atoms with Gasteiger partial charge in [-0.1, -0.05) is 30.3 Å². The number of ether oxygens (including phenoxy) is 2. The topological polar surface area (TPSA) is 67.9 Å². The Hall–Kier alpha value is -3.80. The van der Waals surface area contributed by atoms with Gasteiger partial charge in [0.25, 0.3) is 5.91 Å². The standard InChI is InChI=1S/C26H26N2O4/c1-4-32-20-15-11-18(12-16-20)27-25(29)23-21-7-5-6-8-22(21)26(30)28(2)24(23)17-9-13-19(31-3)14-10-17/h5-16,23-24H,4H2,1-3H3,(H,27,29)/t23-,24+/m0/s1. The molecule has 0 spiro atoms. The first-order valence-electron chi connectivity index (χ1n) is 10.6. The molecule has 0 bridgehead atoms.